The molecule has 0 spiro atoms. The molecule has 1 unspecified atom stereocenters. The molecule has 1 fully saturated rings. The van der Waals surface area contributed by atoms with E-state index in [1.807, 2.05) is 0 Å². The lowest BCUT2D eigenvalue weighted by atomic mass is 9.87. The number of imide groups is 1. The number of nitrogens with one attached hydrogen (secondary N) is 2. The third-order valence-corrected chi connectivity index (χ3v) is 5.35. The van der Waals surface area contributed by atoms with E-state index >= 15 is 0 Å². The number of anilines is 1. The van der Waals surface area contributed by atoms with Crippen molar-refractivity contribution in [1.29, 1.82) is 0 Å². The van der Waals surface area contributed by atoms with Crippen molar-refractivity contribution >= 4 is 52.4 Å². The highest BCUT2D eigenvalue weighted by atomic mass is 35.5. The normalized spacial score (nSPS) is 18.3. The summed E-state index contributed by atoms with van der Waals surface area (Å²) in [6, 6.07) is 9.34. The number of rotatable bonds is 6. The Hall–Kier alpha value is -3.17. The number of benzene rings is 2. The molecule has 1 aliphatic rings. The summed E-state index contributed by atoms with van der Waals surface area (Å²) in [6.07, 6.45) is 0.269. The molecule has 2 aromatic rings. The van der Waals surface area contributed by atoms with Crippen LogP contribution in [0.5, 0.6) is 0 Å². The van der Waals surface area contributed by atoms with Gasteiger partial charge in [0.25, 0.3) is 11.6 Å². The lowest BCUT2D eigenvalue weighted by Gasteiger charge is -2.25. The van der Waals surface area contributed by atoms with E-state index < -0.39 is 34.9 Å². The van der Waals surface area contributed by atoms with Crippen molar-refractivity contribution in [2.45, 2.75) is 18.9 Å². The van der Waals surface area contributed by atoms with Crippen molar-refractivity contribution in [2.75, 3.05) is 11.9 Å². The lowest BCUT2D eigenvalue weighted by molar-refractivity contribution is -0.384. The Morgan fingerprint density at radius 2 is 1.87 bits per heavy atom. The molecule has 0 bridgehead atoms. The summed E-state index contributed by atoms with van der Waals surface area (Å²) >= 11 is 11.9. The second kappa shape index (κ2) is 8.29. The first-order valence-corrected chi connectivity index (χ1v) is 9.57. The van der Waals surface area contributed by atoms with E-state index in [2.05, 4.69) is 10.6 Å². The van der Waals surface area contributed by atoms with Crippen molar-refractivity contribution in [1.82, 2.24) is 10.2 Å². The number of carbonyl (C=O) groups is 3. The van der Waals surface area contributed by atoms with Gasteiger partial charge in [-0.15, -0.1) is 0 Å². The minimum atomic E-state index is -1.30. The van der Waals surface area contributed by atoms with Crippen LogP contribution >= 0.6 is 23.2 Å². The van der Waals surface area contributed by atoms with Crippen LogP contribution in [0.2, 0.25) is 10.0 Å². The van der Waals surface area contributed by atoms with E-state index in [0.717, 1.165) is 11.0 Å². The van der Waals surface area contributed by atoms with Gasteiger partial charge < -0.3 is 10.6 Å². The van der Waals surface area contributed by atoms with E-state index in [0.29, 0.717) is 10.6 Å². The predicted octanol–water partition coefficient (Wildman–Crippen LogP) is 3.70. The summed E-state index contributed by atoms with van der Waals surface area (Å²) in [4.78, 5) is 48.9. The molecule has 30 heavy (non-hydrogen) atoms. The van der Waals surface area contributed by atoms with Crippen molar-refractivity contribution in [3.63, 3.8) is 0 Å². The van der Waals surface area contributed by atoms with Gasteiger partial charge in [0.2, 0.25) is 5.91 Å². The largest absolute Gasteiger partial charge is 0.325 e. The topological polar surface area (TPSA) is 122 Å². The molecule has 2 N–H and O–H groups in total. The lowest BCUT2D eigenvalue weighted by Crippen LogP contribution is -2.44. The Morgan fingerprint density at radius 3 is 2.43 bits per heavy atom. The molecule has 2 aromatic carbocycles. The zero-order valence-electron chi connectivity index (χ0n) is 15.6. The number of amides is 4. The summed E-state index contributed by atoms with van der Waals surface area (Å²) in [5.74, 6) is -1.25. The van der Waals surface area contributed by atoms with Crippen LogP contribution in [0.1, 0.15) is 18.9 Å². The van der Waals surface area contributed by atoms with Crippen LogP contribution in [0.25, 0.3) is 0 Å². The minimum absolute atomic E-state index is 0.0428. The summed E-state index contributed by atoms with van der Waals surface area (Å²) in [5, 5.41) is 16.3. The predicted molar refractivity (Wildman–Crippen MR) is 110 cm³/mol. The second-order valence-corrected chi connectivity index (χ2v) is 7.40. The van der Waals surface area contributed by atoms with Gasteiger partial charge in [-0.05, 0) is 30.2 Å². The summed E-state index contributed by atoms with van der Waals surface area (Å²) in [6.45, 7) is 1.19. The Balaban J connectivity index is 1.77. The van der Waals surface area contributed by atoms with Gasteiger partial charge in [-0.3, -0.25) is 24.6 Å². The van der Waals surface area contributed by atoms with Crippen LogP contribution in [0.15, 0.2) is 42.5 Å². The summed E-state index contributed by atoms with van der Waals surface area (Å²) in [5.41, 5.74) is -0.858. The molecule has 3 rings (SSSR count). The Morgan fingerprint density at radius 1 is 1.20 bits per heavy atom. The number of urea groups is 1. The summed E-state index contributed by atoms with van der Waals surface area (Å²) in [7, 11) is 0. The first-order chi connectivity index (χ1) is 14.2. The first-order valence-electron chi connectivity index (χ1n) is 8.82. The molecule has 1 saturated heterocycles. The summed E-state index contributed by atoms with van der Waals surface area (Å²) < 4.78 is 0. The molecule has 1 heterocycles. The average molecular weight is 451 g/mol. The third-order valence-electron chi connectivity index (χ3n) is 4.78. The van der Waals surface area contributed by atoms with E-state index in [1.54, 1.807) is 31.2 Å². The van der Waals surface area contributed by atoms with Gasteiger partial charge in [-0.25, -0.2) is 4.79 Å². The number of hydrogen-bond acceptors (Lipinski definition) is 5. The van der Waals surface area contributed by atoms with E-state index in [1.165, 1.54) is 12.1 Å². The number of nitrogens with zero attached hydrogens (tertiary/aromatic N) is 2. The van der Waals surface area contributed by atoms with E-state index in [-0.39, 0.29) is 22.8 Å². The van der Waals surface area contributed by atoms with Gasteiger partial charge in [0.15, 0.2) is 0 Å². The molecule has 9 nitrogen and oxygen atoms in total. The second-order valence-electron chi connectivity index (χ2n) is 6.56. The number of hydrogen-bond donors (Lipinski definition) is 2. The van der Waals surface area contributed by atoms with Gasteiger partial charge in [0, 0.05) is 17.2 Å². The van der Waals surface area contributed by atoms with Crippen molar-refractivity contribution in [3.8, 4) is 0 Å². The molecule has 0 aliphatic carbocycles. The van der Waals surface area contributed by atoms with Crippen LogP contribution in [-0.4, -0.2) is 34.2 Å². The van der Waals surface area contributed by atoms with Crippen LogP contribution in [0, 0.1) is 10.1 Å². The van der Waals surface area contributed by atoms with E-state index in [9.17, 15) is 24.5 Å². The maximum absolute atomic E-state index is 13.1. The zero-order chi connectivity index (χ0) is 22.1. The smallest absolute Gasteiger partial charge is 0.323 e. The molecule has 4 amide bonds. The highest BCUT2D eigenvalue weighted by molar-refractivity contribution is 6.34. The van der Waals surface area contributed by atoms with Gasteiger partial charge in [0.1, 0.15) is 12.1 Å². The molecule has 1 aliphatic heterocycles. The molecule has 0 aromatic heterocycles. The first kappa shape index (κ1) is 21.5. The fourth-order valence-corrected chi connectivity index (χ4v) is 3.54. The van der Waals surface area contributed by atoms with E-state index in [4.69, 9.17) is 23.2 Å². The fourth-order valence-electron chi connectivity index (χ4n) is 3.20. The molecule has 156 valence electrons. The molecular formula is C19H16Cl2N4O5. The Bertz CT molecular complexity index is 1040. The number of nitro benzene ring substituents is 1. The van der Waals surface area contributed by atoms with Crippen LogP contribution in [0.4, 0.5) is 16.2 Å². The van der Waals surface area contributed by atoms with Gasteiger partial charge in [0.05, 0.1) is 15.6 Å². The van der Waals surface area contributed by atoms with Gasteiger partial charge >= 0.3 is 6.03 Å². The fraction of sp³-hybridized carbons (Fsp3) is 0.211. The molecule has 1 atom stereocenters. The van der Waals surface area contributed by atoms with Crippen molar-refractivity contribution < 1.29 is 19.3 Å². The highest BCUT2D eigenvalue weighted by Gasteiger charge is 2.51. The molecule has 11 heteroatoms. The number of halogens is 2. The highest BCUT2D eigenvalue weighted by Crippen LogP contribution is 2.33. The third kappa shape index (κ3) is 3.94. The minimum Gasteiger partial charge on any atom is -0.323 e. The Labute approximate surface area is 181 Å². The molecule has 0 radical (unpaired) electrons. The van der Waals surface area contributed by atoms with Gasteiger partial charge in [-0.2, -0.15) is 0 Å². The number of non-ortho nitro benzene ring substituents is 1. The zero-order valence-corrected chi connectivity index (χ0v) is 17.2. The van der Waals surface area contributed by atoms with Crippen molar-refractivity contribution in [3.05, 3.63) is 68.2 Å². The number of carbonyl (C=O) groups excluding carboxylic acids is 3. The van der Waals surface area contributed by atoms with Gasteiger partial charge in [-0.1, -0.05) is 42.3 Å². The van der Waals surface area contributed by atoms with Crippen LogP contribution in [-0.2, 0) is 15.1 Å². The SMILES string of the molecule is CCC1(c2ccc(Cl)cc2)NC(=O)N(CC(=O)Nc2ccc([N+](=O)[O-])cc2Cl)C1=O. The van der Waals surface area contributed by atoms with Crippen LogP contribution in [0.3, 0.4) is 0 Å². The number of nitro groups is 1. The monoisotopic (exact) mass is 450 g/mol. The maximum atomic E-state index is 13.1. The average Bonchev–Trinajstić information content (AvgIpc) is 2.95. The molecule has 0 saturated carbocycles. The standard InChI is InChI=1S/C19H16Cl2N4O5/c1-2-19(11-3-5-12(20)6-4-11)17(27)24(18(28)23-19)10-16(26)22-15-8-7-13(25(29)30)9-14(15)21/h3-9H,2,10H2,1H3,(H,22,26)(H,23,28). The Kier molecular flexibility index (Phi) is 5.95. The molecular weight excluding hydrogens is 435 g/mol. The van der Waals surface area contributed by atoms with Crippen molar-refractivity contribution in [2.24, 2.45) is 0 Å². The quantitative estimate of drug-likeness (QED) is 0.394. The maximum Gasteiger partial charge on any atom is 0.325 e. The van der Waals surface area contributed by atoms with Crippen LogP contribution < -0.4 is 10.6 Å².